The molecular formula is C16H17NO5. The van der Waals surface area contributed by atoms with Gasteiger partial charge in [-0.25, -0.2) is 4.79 Å². The summed E-state index contributed by atoms with van der Waals surface area (Å²) >= 11 is 0. The van der Waals surface area contributed by atoms with Gasteiger partial charge in [-0.1, -0.05) is 13.0 Å². The number of benzene rings is 1. The van der Waals surface area contributed by atoms with Crippen LogP contribution in [0.3, 0.4) is 0 Å². The second kappa shape index (κ2) is 6.80. The summed E-state index contributed by atoms with van der Waals surface area (Å²) in [5, 5.41) is 11.5. The van der Waals surface area contributed by atoms with Crippen molar-refractivity contribution in [2.75, 3.05) is 11.9 Å². The molecular weight excluding hydrogens is 286 g/mol. The van der Waals surface area contributed by atoms with Crippen molar-refractivity contribution in [2.24, 2.45) is 0 Å². The summed E-state index contributed by atoms with van der Waals surface area (Å²) in [6.45, 7) is 4.46. The first kappa shape index (κ1) is 15.6. The Labute approximate surface area is 127 Å². The molecule has 1 aromatic heterocycles. The molecule has 2 N–H and O–H groups in total. The maximum absolute atomic E-state index is 12.1. The van der Waals surface area contributed by atoms with Crippen LogP contribution in [0.5, 0.6) is 5.75 Å². The first-order chi connectivity index (χ1) is 10.5. The molecule has 22 heavy (non-hydrogen) atoms. The molecule has 0 aliphatic rings. The van der Waals surface area contributed by atoms with E-state index in [0.717, 1.165) is 18.2 Å². The summed E-state index contributed by atoms with van der Waals surface area (Å²) in [5.74, 6) is -1.18. The molecule has 1 aromatic carbocycles. The Hall–Kier alpha value is -2.76. The second-order valence-electron chi connectivity index (χ2n) is 4.81. The minimum Gasteiger partial charge on any atom is -0.491 e. The highest BCUT2D eigenvalue weighted by molar-refractivity contribution is 6.04. The van der Waals surface area contributed by atoms with Crippen LogP contribution in [0.25, 0.3) is 0 Å². The highest BCUT2D eigenvalue weighted by Crippen LogP contribution is 2.26. The van der Waals surface area contributed by atoms with Gasteiger partial charge in [-0.05, 0) is 31.0 Å². The molecule has 0 spiro atoms. The number of hydrogen-bond donors (Lipinski definition) is 2. The lowest BCUT2D eigenvalue weighted by molar-refractivity contribution is 0.0696. The summed E-state index contributed by atoms with van der Waals surface area (Å²) < 4.78 is 10.6. The summed E-state index contributed by atoms with van der Waals surface area (Å²) in [4.78, 5) is 22.9. The first-order valence-electron chi connectivity index (χ1n) is 6.88. The predicted octanol–water partition coefficient (Wildman–Crippen LogP) is 3.33. The molecule has 0 fully saturated rings. The molecule has 0 saturated heterocycles. The van der Waals surface area contributed by atoms with E-state index >= 15 is 0 Å². The standard InChI is InChI=1S/C16H17NO5/c1-3-6-21-13-7-10(2)4-5-12(13)17-15(18)14-8-11(9-22-14)16(19)20/h4-5,7-9H,3,6H2,1-2H3,(H,17,18)(H,19,20). The van der Waals surface area contributed by atoms with Crippen LogP contribution in [0.4, 0.5) is 5.69 Å². The number of carbonyl (C=O) groups is 2. The van der Waals surface area contributed by atoms with E-state index in [1.807, 2.05) is 26.0 Å². The van der Waals surface area contributed by atoms with Crippen LogP contribution in [-0.4, -0.2) is 23.6 Å². The molecule has 116 valence electrons. The molecule has 2 rings (SSSR count). The zero-order chi connectivity index (χ0) is 16.1. The third kappa shape index (κ3) is 3.66. The van der Waals surface area contributed by atoms with Gasteiger partial charge in [-0.15, -0.1) is 0 Å². The zero-order valence-electron chi connectivity index (χ0n) is 12.4. The Kier molecular flexibility index (Phi) is 4.83. The molecule has 6 heteroatoms. The van der Waals surface area contributed by atoms with E-state index in [4.69, 9.17) is 14.3 Å². The zero-order valence-corrected chi connectivity index (χ0v) is 12.4. The van der Waals surface area contributed by atoms with Crippen LogP contribution in [0.2, 0.25) is 0 Å². The van der Waals surface area contributed by atoms with Crippen molar-refractivity contribution in [3.8, 4) is 5.75 Å². The molecule has 0 radical (unpaired) electrons. The Morgan fingerprint density at radius 1 is 1.32 bits per heavy atom. The van der Waals surface area contributed by atoms with Gasteiger partial charge in [0.05, 0.1) is 17.9 Å². The number of aromatic carboxylic acids is 1. The molecule has 2 aromatic rings. The smallest absolute Gasteiger partial charge is 0.338 e. The van der Waals surface area contributed by atoms with Gasteiger partial charge < -0.3 is 19.6 Å². The van der Waals surface area contributed by atoms with Crippen molar-refractivity contribution < 1.29 is 23.8 Å². The summed E-state index contributed by atoms with van der Waals surface area (Å²) in [5.41, 5.74) is 1.45. The average molecular weight is 303 g/mol. The van der Waals surface area contributed by atoms with Crippen LogP contribution >= 0.6 is 0 Å². The Morgan fingerprint density at radius 2 is 2.09 bits per heavy atom. The third-order valence-corrected chi connectivity index (χ3v) is 2.92. The van der Waals surface area contributed by atoms with E-state index in [0.29, 0.717) is 18.0 Å². The summed E-state index contributed by atoms with van der Waals surface area (Å²) in [7, 11) is 0. The Bertz CT molecular complexity index is 690. The van der Waals surface area contributed by atoms with Gasteiger partial charge in [0, 0.05) is 6.07 Å². The van der Waals surface area contributed by atoms with Crippen LogP contribution in [0.1, 0.15) is 39.8 Å². The number of amides is 1. The largest absolute Gasteiger partial charge is 0.491 e. The van der Waals surface area contributed by atoms with Crippen molar-refractivity contribution in [3.63, 3.8) is 0 Å². The van der Waals surface area contributed by atoms with Gasteiger partial charge in [0.15, 0.2) is 5.76 Å². The Balaban J connectivity index is 2.18. The highest BCUT2D eigenvalue weighted by Gasteiger charge is 2.16. The number of furan rings is 1. The second-order valence-corrected chi connectivity index (χ2v) is 4.81. The highest BCUT2D eigenvalue weighted by atomic mass is 16.5. The van der Waals surface area contributed by atoms with Crippen molar-refractivity contribution in [3.05, 3.63) is 47.4 Å². The van der Waals surface area contributed by atoms with Crippen LogP contribution in [-0.2, 0) is 0 Å². The van der Waals surface area contributed by atoms with Gasteiger partial charge in [0.1, 0.15) is 12.0 Å². The number of aryl methyl sites for hydroxylation is 1. The normalized spacial score (nSPS) is 10.3. The maximum Gasteiger partial charge on any atom is 0.338 e. The maximum atomic E-state index is 12.1. The lowest BCUT2D eigenvalue weighted by Gasteiger charge is -2.12. The van der Waals surface area contributed by atoms with Crippen LogP contribution < -0.4 is 10.1 Å². The molecule has 0 atom stereocenters. The molecule has 0 unspecified atom stereocenters. The predicted molar refractivity (Wildman–Crippen MR) is 80.6 cm³/mol. The minimum atomic E-state index is -1.15. The van der Waals surface area contributed by atoms with Gasteiger partial charge >= 0.3 is 5.97 Å². The fourth-order valence-electron chi connectivity index (χ4n) is 1.82. The quantitative estimate of drug-likeness (QED) is 0.854. The lowest BCUT2D eigenvalue weighted by atomic mass is 10.2. The molecule has 0 aliphatic heterocycles. The van der Waals surface area contributed by atoms with E-state index in [1.165, 1.54) is 6.07 Å². The lowest BCUT2D eigenvalue weighted by Crippen LogP contribution is -2.12. The molecule has 0 bridgehead atoms. The topological polar surface area (TPSA) is 88.8 Å². The number of rotatable bonds is 6. The number of carbonyl (C=O) groups excluding carboxylic acids is 1. The number of hydrogen-bond acceptors (Lipinski definition) is 4. The minimum absolute atomic E-state index is 0.0700. The number of nitrogens with one attached hydrogen (secondary N) is 1. The van der Waals surface area contributed by atoms with E-state index in [9.17, 15) is 9.59 Å². The molecule has 0 saturated carbocycles. The van der Waals surface area contributed by atoms with Gasteiger partial charge in [0.25, 0.3) is 5.91 Å². The molecule has 1 heterocycles. The Morgan fingerprint density at radius 3 is 2.73 bits per heavy atom. The van der Waals surface area contributed by atoms with Gasteiger partial charge in [-0.3, -0.25) is 4.79 Å². The van der Waals surface area contributed by atoms with E-state index < -0.39 is 11.9 Å². The van der Waals surface area contributed by atoms with Crippen LogP contribution in [0.15, 0.2) is 34.9 Å². The number of ether oxygens (including phenoxy) is 1. The first-order valence-corrected chi connectivity index (χ1v) is 6.88. The summed E-state index contributed by atoms with van der Waals surface area (Å²) in [6, 6.07) is 6.59. The van der Waals surface area contributed by atoms with Crippen molar-refractivity contribution in [1.82, 2.24) is 0 Å². The number of carboxylic acid groups (broad SMARTS) is 1. The molecule has 1 amide bonds. The van der Waals surface area contributed by atoms with E-state index in [2.05, 4.69) is 5.32 Å². The van der Waals surface area contributed by atoms with Crippen molar-refractivity contribution in [2.45, 2.75) is 20.3 Å². The molecule has 6 nitrogen and oxygen atoms in total. The summed E-state index contributed by atoms with van der Waals surface area (Å²) in [6.07, 6.45) is 1.88. The average Bonchev–Trinajstić information content (AvgIpc) is 2.97. The van der Waals surface area contributed by atoms with E-state index in [-0.39, 0.29) is 11.3 Å². The number of carboxylic acids is 1. The SMILES string of the molecule is CCCOc1cc(C)ccc1NC(=O)c1cc(C(=O)O)co1. The van der Waals surface area contributed by atoms with Crippen molar-refractivity contribution in [1.29, 1.82) is 0 Å². The fraction of sp³-hybridized carbons (Fsp3) is 0.250. The van der Waals surface area contributed by atoms with Gasteiger partial charge in [0.2, 0.25) is 0 Å². The molecule has 0 aliphatic carbocycles. The number of anilines is 1. The fourth-order valence-corrected chi connectivity index (χ4v) is 1.82. The van der Waals surface area contributed by atoms with Crippen molar-refractivity contribution >= 4 is 17.6 Å². The third-order valence-electron chi connectivity index (χ3n) is 2.92. The van der Waals surface area contributed by atoms with E-state index in [1.54, 1.807) is 6.07 Å². The van der Waals surface area contributed by atoms with Gasteiger partial charge in [-0.2, -0.15) is 0 Å². The monoisotopic (exact) mass is 303 g/mol. The van der Waals surface area contributed by atoms with Crippen LogP contribution in [0, 0.1) is 6.92 Å².